The van der Waals surface area contributed by atoms with Gasteiger partial charge in [0.2, 0.25) is 0 Å². The van der Waals surface area contributed by atoms with Gasteiger partial charge in [0.1, 0.15) is 11.3 Å². The van der Waals surface area contributed by atoms with Crippen molar-refractivity contribution >= 4 is 11.2 Å². The highest BCUT2D eigenvalue weighted by Crippen LogP contribution is 2.19. The Morgan fingerprint density at radius 1 is 1.33 bits per heavy atom. The fourth-order valence-electron chi connectivity index (χ4n) is 1.89. The van der Waals surface area contributed by atoms with E-state index >= 15 is 0 Å². The molecule has 0 fully saturated rings. The highest BCUT2D eigenvalue weighted by Gasteiger charge is 2.12. The molecule has 0 aliphatic rings. The van der Waals surface area contributed by atoms with Gasteiger partial charge in [0.15, 0.2) is 5.65 Å². The number of allylic oxidation sites excluding steroid dienone is 1. The minimum absolute atomic E-state index is 0.209. The molecule has 1 atom stereocenters. The number of hydrogen-bond acceptors (Lipinski definition) is 3. The van der Waals surface area contributed by atoms with Gasteiger partial charge in [-0.15, -0.1) is 6.58 Å². The number of imidazole rings is 1. The van der Waals surface area contributed by atoms with Crippen LogP contribution in [0.3, 0.4) is 0 Å². The molecule has 2 aromatic heterocycles. The second-order valence-electron chi connectivity index (χ2n) is 4.37. The molecule has 6 heteroatoms. The first-order valence-corrected chi connectivity index (χ1v) is 5.95. The number of rotatable bonds is 5. The molecule has 96 valence electrons. The largest absolute Gasteiger partial charge is 0.336 e. The standard InChI is InChI=1S/C12H16N4O2/c1-3-4-5-6-7(2)9-13-8-10(14-9)15-12(18)16-11(8)17/h3,7H,1,4-6H2,2H3,(H3,13,14,15,16,17,18). The number of aromatic amines is 3. The van der Waals surface area contributed by atoms with Crippen LogP contribution in [-0.4, -0.2) is 19.9 Å². The molecule has 0 spiro atoms. The third-order valence-electron chi connectivity index (χ3n) is 2.92. The summed E-state index contributed by atoms with van der Waals surface area (Å²) in [5, 5.41) is 0. The maximum Gasteiger partial charge on any atom is 0.327 e. The topological polar surface area (TPSA) is 94.4 Å². The molecule has 2 aromatic rings. The summed E-state index contributed by atoms with van der Waals surface area (Å²) < 4.78 is 0. The van der Waals surface area contributed by atoms with E-state index in [4.69, 9.17) is 0 Å². The van der Waals surface area contributed by atoms with E-state index in [1.807, 2.05) is 13.0 Å². The van der Waals surface area contributed by atoms with Crippen molar-refractivity contribution < 1.29 is 0 Å². The molecule has 0 bridgehead atoms. The Bertz CT molecular complexity index is 665. The first-order chi connectivity index (χ1) is 8.61. The quantitative estimate of drug-likeness (QED) is 0.551. The molecule has 0 saturated heterocycles. The fourth-order valence-corrected chi connectivity index (χ4v) is 1.89. The van der Waals surface area contributed by atoms with Gasteiger partial charge in [-0.1, -0.05) is 13.0 Å². The van der Waals surface area contributed by atoms with Gasteiger partial charge in [-0.05, 0) is 19.3 Å². The van der Waals surface area contributed by atoms with Gasteiger partial charge in [-0.3, -0.25) is 14.8 Å². The second-order valence-corrected chi connectivity index (χ2v) is 4.37. The molecule has 0 aliphatic heterocycles. The van der Waals surface area contributed by atoms with Crippen LogP contribution in [0.25, 0.3) is 11.2 Å². The molecule has 0 amide bonds. The molecule has 3 N–H and O–H groups in total. The number of hydrogen-bond donors (Lipinski definition) is 3. The van der Waals surface area contributed by atoms with E-state index in [2.05, 4.69) is 26.5 Å². The predicted molar refractivity (Wildman–Crippen MR) is 69.8 cm³/mol. The molecule has 0 saturated carbocycles. The van der Waals surface area contributed by atoms with Crippen molar-refractivity contribution in [2.45, 2.75) is 32.1 Å². The van der Waals surface area contributed by atoms with E-state index in [9.17, 15) is 9.59 Å². The lowest BCUT2D eigenvalue weighted by atomic mass is 10.0. The lowest BCUT2D eigenvalue weighted by Crippen LogP contribution is -2.21. The highest BCUT2D eigenvalue weighted by molar-refractivity contribution is 5.68. The number of H-pyrrole nitrogens is 3. The van der Waals surface area contributed by atoms with Crippen LogP contribution in [0.4, 0.5) is 0 Å². The maximum absolute atomic E-state index is 11.5. The molecule has 0 radical (unpaired) electrons. The van der Waals surface area contributed by atoms with Crippen LogP contribution < -0.4 is 11.2 Å². The van der Waals surface area contributed by atoms with Crippen molar-refractivity contribution in [2.75, 3.05) is 0 Å². The molecule has 18 heavy (non-hydrogen) atoms. The molecule has 2 rings (SSSR count). The summed E-state index contributed by atoms with van der Waals surface area (Å²) in [6.07, 6.45) is 4.82. The third kappa shape index (κ3) is 2.42. The zero-order valence-corrected chi connectivity index (χ0v) is 10.2. The first-order valence-electron chi connectivity index (χ1n) is 5.95. The summed E-state index contributed by atoms with van der Waals surface area (Å²) in [6, 6.07) is 0. The smallest absolute Gasteiger partial charge is 0.327 e. The van der Waals surface area contributed by atoms with Crippen LogP contribution in [0.2, 0.25) is 0 Å². The van der Waals surface area contributed by atoms with E-state index in [1.165, 1.54) is 0 Å². The average Bonchev–Trinajstić information content (AvgIpc) is 2.73. The van der Waals surface area contributed by atoms with E-state index in [-0.39, 0.29) is 5.92 Å². The normalized spacial score (nSPS) is 12.7. The van der Waals surface area contributed by atoms with Gasteiger partial charge in [-0.2, -0.15) is 0 Å². The van der Waals surface area contributed by atoms with Crippen LogP contribution >= 0.6 is 0 Å². The lowest BCUT2D eigenvalue weighted by molar-refractivity contribution is 0.615. The van der Waals surface area contributed by atoms with Crippen LogP contribution in [-0.2, 0) is 0 Å². The number of nitrogens with one attached hydrogen (secondary N) is 3. The van der Waals surface area contributed by atoms with Crippen LogP contribution in [0.15, 0.2) is 22.2 Å². The fraction of sp³-hybridized carbons (Fsp3) is 0.417. The Balaban J connectivity index is 2.29. The van der Waals surface area contributed by atoms with Gasteiger partial charge in [-0.25, -0.2) is 9.78 Å². The zero-order chi connectivity index (χ0) is 13.1. The number of nitrogens with zero attached hydrogens (tertiary/aromatic N) is 1. The molecule has 6 nitrogen and oxygen atoms in total. The molecule has 2 heterocycles. The molecule has 1 unspecified atom stereocenters. The third-order valence-corrected chi connectivity index (χ3v) is 2.92. The van der Waals surface area contributed by atoms with Crippen LogP contribution in [0, 0.1) is 0 Å². The summed E-state index contributed by atoms with van der Waals surface area (Å²) in [5.41, 5.74) is -0.342. The monoisotopic (exact) mass is 248 g/mol. The highest BCUT2D eigenvalue weighted by atomic mass is 16.2. The Kier molecular flexibility index (Phi) is 3.45. The molecule has 0 aromatic carbocycles. The molecule has 0 aliphatic carbocycles. The Labute approximate surface area is 103 Å². The van der Waals surface area contributed by atoms with E-state index in [0.717, 1.165) is 25.1 Å². The van der Waals surface area contributed by atoms with Crippen LogP contribution in [0.5, 0.6) is 0 Å². The number of fused-ring (bicyclic) bond motifs is 1. The van der Waals surface area contributed by atoms with Gasteiger partial charge >= 0.3 is 5.69 Å². The van der Waals surface area contributed by atoms with Crippen molar-refractivity contribution in [1.29, 1.82) is 0 Å². The lowest BCUT2D eigenvalue weighted by Gasteiger charge is -2.06. The minimum atomic E-state index is -0.537. The van der Waals surface area contributed by atoms with E-state index < -0.39 is 11.2 Å². The zero-order valence-electron chi connectivity index (χ0n) is 10.2. The summed E-state index contributed by atoms with van der Waals surface area (Å²) in [6.45, 7) is 5.71. The minimum Gasteiger partial charge on any atom is -0.336 e. The summed E-state index contributed by atoms with van der Waals surface area (Å²) in [5.74, 6) is 0.932. The summed E-state index contributed by atoms with van der Waals surface area (Å²) in [7, 11) is 0. The van der Waals surface area contributed by atoms with E-state index in [0.29, 0.717) is 11.2 Å². The SMILES string of the molecule is C=CCCCC(C)c1nc2[nH]c(=O)[nH]c(=O)c2[nH]1. The van der Waals surface area contributed by atoms with Gasteiger partial charge in [0.25, 0.3) is 5.56 Å². The first kappa shape index (κ1) is 12.3. The number of unbranched alkanes of at least 4 members (excludes halogenated alkanes) is 1. The molecular weight excluding hydrogens is 232 g/mol. The van der Waals surface area contributed by atoms with Crippen molar-refractivity contribution in [2.24, 2.45) is 0 Å². The van der Waals surface area contributed by atoms with Crippen LogP contribution in [0.1, 0.15) is 37.9 Å². The van der Waals surface area contributed by atoms with Crippen molar-refractivity contribution in [3.63, 3.8) is 0 Å². The van der Waals surface area contributed by atoms with Gasteiger partial charge < -0.3 is 4.98 Å². The van der Waals surface area contributed by atoms with Crippen molar-refractivity contribution in [3.8, 4) is 0 Å². The second kappa shape index (κ2) is 5.03. The Hall–Kier alpha value is -2.11. The molecular formula is C12H16N4O2. The summed E-state index contributed by atoms with van der Waals surface area (Å²) in [4.78, 5) is 34.5. The van der Waals surface area contributed by atoms with Gasteiger partial charge in [0.05, 0.1) is 0 Å². The number of aromatic nitrogens is 4. The Morgan fingerprint density at radius 2 is 2.11 bits per heavy atom. The predicted octanol–water partition coefficient (Wildman–Crippen LogP) is 1.40. The van der Waals surface area contributed by atoms with Gasteiger partial charge in [0, 0.05) is 5.92 Å². The van der Waals surface area contributed by atoms with Crippen molar-refractivity contribution in [1.82, 2.24) is 19.9 Å². The summed E-state index contributed by atoms with van der Waals surface area (Å²) >= 11 is 0. The maximum atomic E-state index is 11.5. The van der Waals surface area contributed by atoms with E-state index in [1.54, 1.807) is 0 Å². The Morgan fingerprint density at radius 3 is 2.83 bits per heavy atom. The van der Waals surface area contributed by atoms with Crippen molar-refractivity contribution in [3.05, 3.63) is 39.3 Å². The average molecular weight is 248 g/mol.